The van der Waals surface area contributed by atoms with Crippen molar-refractivity contribution >= 4 is 34.7 Å². The average molecular weight is 294 g/mol. The summed E-state index contributed by atoms with van der Waals surface area (Å²) in [6.07, 6.45) is 0. The first-order valence-electron chi connectivity index (χ1n) is 5.76. The summed E-state index contributed by atoms with van der Waals surface area (Å²) in [7, 11) is 0. The molecule has 2 nitrogen and oxygen atoms in total. The predicted octanol–water partition coefficient (Wildman–Crippen LogP) is 4.42. The third-order valence-electron chi connectivity index (χ3n) is 2.93. The normalized spacial score (nSPS) is 10.5. The van der Waals surface area contributed by atoms with Crippen molar-refractivity contribution < 1.29 is 4.79 Å². The van der Waals surface area contributed by atoms with Gasteiger partial charge in [-0.2, -0.15) is 0 Å². The van der Waals surface area contributed by atoms with Crippen molar-refractivity contribution in [2.45, 2.75) is 13.8 Å². The molecule has 0 spiro atoms. The van der Waals surface area contributed by atoms with Crippen LogP contribution in [0.1, 0.15) is 27.0 Å². The number of carbonyl (C=O) groups excluding carboxylic acids is 1. The first-order valence-corrected chi connectivity index (χ1v) is 6.51. The molecule has 0 aliphatic rings. The Hall–Kier alpha value is -1.51. The minimum atomic E-state index is -0.105. The summed E-state index contributed by atoms with van der Waals surface area (Å²) in [6.45, 7) is 3.72. The highest BCUT2D eigenvalue weighted by molar-refractivity contribution is 6.32. The zero-order valence-electron chi connectivity index (χ0n) is 10.6. The third-order valence-corrected chi connectivity index (χ3v) is 3.56. The molecule has 0 atom stereocenters. The Morgan fingerprint density at radius 2 is 1.68 bits per heavy atom. The molecular formula is C15H13Cl2NO. The molecule has 0 aromatic heterocycles. The zero-order chi connectivity index (χ0) is 14.2. The average Bonchev–Trinajstić information content (AvgIpc) is 2.31. The number of halogens is 2. The van der Waals surface area contributed by atoms with Gasteiger partial charge in [0, 0.05) is 26.9 Å². The zero-order valence-corrected chi connectivity index (χ0v) is 12.1. The SMILES string of the molecule is Cc1cc(C(=O)c2cc(N)cc(Cl)c2)c(C)cc1Cl. The number of carbonyl (C=O) groups is 1. The summed E-state index contributed by atoms with van der Waals surface area (Å²) in [5.41, 5.74) is 8.98. The number of benzene rings is 2. The smallest absolute Gasteiger partial charge is 0.193 e. The number of ketones is 1. The van der Waals surface area contributed by atoms with E-state index in [1.807, 2.05) is 13.8 Å². The molecule has 0 saturated carbocycles. The van der Waals surface area contributed by atoms with Crippen molar-refractivity contribution in [2.24, 2.45) is 0 Å². The van der Waals surface area contributed by atoms with E-state index in [1.54, 1.807) is 30.3 Å². The number of nitrogen functional groups attached to an aromatic ring is 1. The summed E-state index contributed by atoms with van der Waals surface area (Å²) in [4.78, 5) is 12.5. The third kappa shape index (κ3) is 2.91. The van der Waals surface area contributed by atoms with Gasteiger partial charge in [0.25, 0.3) is 0 Å². The molecule has 0 saturated heterocycles. The van der Waals surface area contributed by atoms with Crippen LogP contribution < -0.4 is 5.73 Å². The number of hydrogen-bond donors (Lipinski definition) is 1. The lowest BCUT2D eigenvalue weighted by atomic mass is 9.97. The second-order valence-electron chi connectivity index (χ2n) is 4.52. The van der Waals surface area contributed by atoms with Crippen LogP contribution in [0.3, 0.4) is 0 Å². The van der Waals surface area contributed by atoms with Gasteiger partial charge in [0.05, 0.1) is 0 Å². The highest BCUT2D eigenvalue weighted by atomic mass is 35.5. The van der Waals surface area contributed by atoms with Crippen LogP contribution in [0.4, 0.5) is 5.69 Å². The Kier molecular flexibility index (Phi) is 3.83. The van der Waals surface area contributed by atoms with E-state index in [1.165, 1.54) is 0 Å². The monoisotopic (exact) mass is 293 g/mol. The lowest BCUT2D eigenvalue weighted by molar-refractivity contribution is 0.103. The standard InChI is InChI=1S/C15H13Cl2NO/c1-8-4-14(17)9(2)3-13(8)15(19)10-5-11(16)7-12(18)6-10/h3-7H,18H2,1-2H3. The molecule has 4 heteroatoms. The molecule has 0 amide bonds. The molecule has 2 N–H and O–H groups in total. The van der Waals surface area contributed by atoms with E-state index in [0.29, 0.717) is 26.9 Å². The molecule has 0 bridgehead atoms. The lowest BCUT2D eigenvalue weighted by Crippen LogP contribution is -2.05. The minimum absolute atomic E-state index is 0.105. The Morgan fingerprint density at radius 1 is 1.00 bits per heavy atom. The van der Waals surface area contributed by atoms with Crippen LogP contribution in [0.25, 0.3) is 0 Å². The van der Waals surface area contributed by atoms with Crippen molar-refractivity contribution in [1.82, 2.24) is 0 Å². The molecular weight excluding hydrogens is 281 g/mol. The summed E-state index contributed by atoms with van der Waals surface area (Å²) < 4.78 is 0. The van der Waals surface area contributed by atoms with Gasteiger partial charge >= 0.3 is 0 Å². The topological polar surface area (TPSA) is 43.1 Å². The second-order valence-corrected chi connectivity index (χ2v) is 5.36. The largest absolute Gasteiger partial charge is 0.399 e. The highest BCUT2D eigenvalue weighted by Gasteiger charge is 2.14. The summed E-state index contributed by atoms with van der Waals surface area (Å²) in [6, 6.07) is 8.43. The van der Waals surface area contributed by atoms with Gasteiger partial charge < -0.3 is 5.73 Å². The Labute approximate surface area is 122 Å². The van der Waals surface area contributed by atoms with Gasteiger partial charge in [-0.3, -0.25) is 4.79 Å². The van der Waals surface area contributed by atoms with Crippen LogP contribution in [0.15, 0.2) is 30.3 Å². The summed E-state index contributed by atoms with van der Waals surface area (Å²) in [5, 5.41) is 1.10. The fraction of sp³-hybridized carbons (Fsp3) is 0.133. The van der Waals surface area contributed by atoms with E-state index in [2.05, 4.69) is 0 Å². The number of anilines is 1. The van der Waals surface area contributed by atoms with Crippen LogP contribution >= 0.6 is 23.2 Å². The van der Waals surface area contributed by atoms with E-state index in [4.69, 9.17) is 28.9 Å². The Balaban J connectivity index is 2.53. The Morgan fingerprint density at radius 3 is 2.32 bits per heavy atom. The molecule has 0 aliphatic heterocycles. The van der Waals surface area contributed by atoms with Crippen LogP contribution in [0.2, 0.25) is 10.0 Å². The molecule has 2 rings (SSSR count). The first-order chi connectivity index (χ1) is 8.88. The second kappa shape index (κ2) is 5.24. The maximum Gasteiger partial charge on any atom is 0.193 e. The van der Waals surface area contributed by atoms with Gasteiger partial charge in [0.15, 0.2) is 5.78 Å². The molecule has 19 heavy (non-hydrogen) atoms. The fourth-order valence-corrected chi connectivity index (χ4v) is 2.39. The maximum atomic E-state index is 12.5. The highest BCUT2D eigenvalue weighted by Crippen LogP contribution is 2.24. The van der Waals surface area contributed by atoms with Gasteiger partial charge in [-0.25, -0.2) is 0 Å². The van der Waals surface area contributed by atoms with E-state index in [0.717, 1.165) is 11.1 Å². The van der Waals surface area contributed by atoms with E-state index in [9.17, 15) is 4.79 Å². The number of nitrogens with two attached hydrogens (primary N) is 1. The van der Waals surface area contributed by atoms with E-state index in [-0.39, 0.29) is 5.78 Å². The van der Waals surface area contributed by atoms with Gasteiger partial charge in [-0.15, -0.1) is 0 Å². The Bertz CT molecular complexity index is 645. The maximum absolute atomic E-state index is 12.5. The molecule has 98 valence electrons. The van der Waals surface area contributed by atoms with Crippen molar-refractivity contribution in [3.05, 3.63) is 62.6 Å². The molecule has 0 heterocycles. The summed E-state index contributed by atoms with van der Waals surface area (Å²) >= 11 is 12.0. The number of rotatable bonds is 2. The van der Waals surface area contributed by atoms with Crippen LogP contribution in [0, 0.1) is 13.8 Å². The molecule has 0 fully saturated rings. The van der Waals surface area contributed by atoms with E-state index >= 15 is 0 Å². The van der Waals surface area contributed by atoms with Crippen molar-refractivity contribution in [3.63, 3.8) is 0 Å². The lowest BCUT2D eigenvalue weighted by Gasteiger charge is -2.09. The molecule has 0 aliphatic carbocycles. The first kappa shape index (κ1) is 13.9. The number of hydrogen-bond acceptors (Lipinski definition) is 2. The quantitative estimate of drug-likeness (QED) is 0.658. The summed E-state index contributed by atoms with van der Waals surface area (Å²) in [5.74, 6) is -0.105. The minimum Gasteiger partial charge on any atom is -0.399 e. The van der Waals surface area contributed by atoms with Gasteiger partial charge in [0.1, 0.15) is 0 Å². The predicted molar refractivity (Wildman–Crippen MR) is 80.2 cm³/mol. The molecule has 0 radical (unpaired) electrons. The van der Waals surface area contributed by atoms with Crippen molar-refractivity contribution in [2.75, 3.05) is 5.73 Å². The van der Waals surface area contributed by atoms with Gasteiger partial charge in [-0.05, 0) is 55.3 Å². The van der Waals surface area contributed by atoms with Crippen molar-refractivity contribution in [3.8, 4) is 0 Å². The van der Waals surface area contributed by atoms with Crippen LogP contribution in [-0.2, 0) is 0 Å². The van der Waals surface area contributed by atoms with Crippen LogP contribution in [-0.4, -0.2) is 5.78 Å². The van der Waals surface area contributed by atoms with E-state index < -0.39 is 0 Å². The molecule has 2 aromatic carbocycles. The molecule has 2 aromatic rings. The van der Waals surface area contributed by atoms with Gasteiger partial charge in [-0.1, -0.05) is 23.2 Å². The van der Waals surface area contributed by atoms with Crippen molar-refractivity contribution in [1.29, 1.82) is 0 Å². The van der Waals surface area contributed by atoms with Gasteiger partial charge in [0.2, 0.25) is 0 Å². The number of aryl methyl sites for hydroxylation is 2. The van der Waals surface area contributed by atoms with Crippen LogP contribution in [0.5, 0.6) is 0 Å². The molecule has 0 unspecified atom stereocenters. The fourth-order valence-electron chi connectivity index (χ4n) is 1.92.